The van der Waals surface area contributed by atoms with Gasteiger partial charge < -0.3 is 0 Å². The number of hydrogen-bond donors (Lipinski definition) is 1. The van der Waals surface area contributed by atoms with Crippen molar-refractivity contribution in [1.82, 2.24) is 9.55 Å². The lowest BCUT2D eigenvalue weighted by Gasteiger charge is -2.09. The molecule has 1 heterocycles. The molecule has 0 spiro atoms. The maximum Gasteiger partial charge on any atom is 0.329 e. The molecule has 1 fully saturated rings. The zero-order valence-electron chi connectivity index (χ0n) is 11.4. The highest BCUT2D eigenvalue weighted by molar-refractivity contribution is 6.30. The Hall–Kier alpha value is -1.03. The van der Waals surface area contributed by atoms with Crippen LogP contribution in [0.5, 0.6) is 0 Å². The van der Waals surface area contributed by atoms with E-state index in [1.165, 1.54) is 4.57 Å². The molecule has 100 valence electrons. The summed E-state index contributed by atoms with van der Waals surface area (Å²) in [7, 11) is 0. The lowest BCUT2D eigenvalue weighted by molar-refractivity contribution is 0.457. The van der Waals surface area contributed by atoms with Gasteiger partial charge in [-0.3, -0.25) is 14.3 Å². The van der Waals surface area contributed by atoms with Gasteiger partial charge in [-0.05, 0) is 17.3 Å². The Labute approximate surface area is 111 Å². The molecule has 5 heteroatoms. The van der Waals surface area contributed by atoms with Crippen molar-refractivity contribution >= 4 is 11.6 Å². The van der Waals surface area contributed by atoms with Gasteiger partial charge in [-0.1, -0.05) is 46.2 Å². The number of rotatable bonds is 2. The predicted molar refractivity (Wildman–Crippen MR) is 72.3 cm³/mol. The summed E-state index contributed by atoms with van der Waals surface area (Å²) < 4.78 is 1.34. The van der Waals surface area contributed by atoms with Crippen molar-refractivity contribution in [2.24, 2.45) is 10.8 Å². The van der Waals surface area contributed by atoms with Crippen LogP contribution in [-0.2, 0) is 6.42 Å². The fourth-order valence-corrected chi connectivity index (χ4v) is 3.20. The van der Waals surface area contributed by atoms with Gasteiger partial charge in [-0.25, -0.2) is 4.79 Å². The highest BCUT2D eigenvalue weighted by atomic mass is 35.5. The van der Waals surface area contributed by atoms with E-state index in [1.807, 2.05) is 6.92 Å². The summed E-state index contributed by atoms with van der Waals surface area (Å²) in [4.78, 5) is 26.9. The number of aromatic amines is 1. The van der Waals surface area contributed by atoms with Crippen LogP contribution >= 0.6 is 11.6 Å². The minimum Gasteiger partial charge on any atom is -0.297 e. The van der Waals surface area contributed by atoms with Crippen molar-refractivity contribution in [3.8, 4) is 0 Å². The quantitative estimate of drug-likeness (QED) is 0.839. The minimum absolute atomic E-state index is 0.0668. The molecule has 0 saturated heterocycles. The van der Waals surface area contributed by atoms with Gasteiger partial charge in [0.1, 0.15) is 5.15 Å². The molecule has 0 atom stereocenters. The monoisotopic (exact) mass is 270 g/mol. The third-order valence-corrected chi connectivity index (χ3v) is 5.06. The Morgan fingerprint density at radius 2 is 1.72 bits per heavy atom. The van der Waals surface area contributed by atoms with Crippen molar-refractivity contribution in [3.05, 3.63) is 31.6 Å². The SMILES string of the molecule is CCc1c(Cl)[nH]c(=O)n(C2C(C)(C)C2(C)C)c1=O. The second-order valence-corrected chi connectivity index (χ2v) is 6.48. The predicted octanol–water partition coefficient (Wildman–Crippen LogP) is 2.36. The summed E-state index contributed by atoms with van der Waals surface area (Å²) in [6.45, 7) is 10.1. The van der Waals surface area contributed by atoms with E-state index in [0.717, 1.165) is 0 Å². The summed E-state index contributed by atoms with van der Waals surface area (Å²) in [5.74, 6) is 0. The van der Waals surface area contributed by atoms with E-state index in [9.17, 15) is 9.59 Å². The Morgan fingerprint density at radius 3 is 2.11 bits per heavy atom. The molecular formula is C13H19ClN2O2. The van der Waals surface area contributed by atoms with Crippen LogP contribution in [0.2, 0.25) is 5.15 Å². The van der Waals surface area contributed by atoms with Crippen molar-refractivity contribution < 1.29 is 0 Å². The second-order valence-electron chi connectivity index (χ2n) is 6.10. The maximum absolute atomic E-state index is 12.4. The zero-order valence-corrected chi connectivity index (χ0v) is 12.2. The number of H-pyrrole nitrogens is 1. The van der Waals surface area contributed by atoms with Gasteiger partial charge in [0.25, 0.3) is 5.56 Å². The minimum atomic E-state index is -0.411. The molecule has 4 nitrogen and oxygen atoms in total. The smallest absolute Gasteiger partial charge is 0.297 e. The maximum atomic E-state index is 12.4. The fraction of sp³-hybridized carbons (Fsp3) is 0.692. The Morgan fingerprint density at radius 1 is 1.22 bits per heavy atom. The molecule has 0 radical (unpaired) electrons. The topological polar surface area (TPSA) is 54.9 Å². The summed E-state index contributed by atoms with van der Waals surface area (Å²) >= 11 is 5.91. The molecule has 0 unspecified atom stereocenters. The molecule has 1 aromatic rings. The third-order valence-electron chi connectivity index (χ3n) is 4.73. The second kappa shape index (κ2) is 3.73. The van der Waals surface area contributed by atoms with Gasteiger partial charge in [0, 0.05) is 0 Å². The Balaban J connectivity index is 2.69. The van der Waals surface area contributed by atoms with E-state index in [4.69, 9.17) is 11.6 Å². The first-order valence-corrected chi connectivity index (χ1v) is 6.57. The van der Waals surface area contributed by atoms with Crippen LogP contribution in [0.1, 0.15) is 46.2 Å². The highest BCUT2D eigenvalue weighted by Crippen LogP contribution is 2.70. The van der Waals surface area contributed by atoms with Crippen LogP contribution in [0, 0.1) is 10.8 Å². The summed E-state index contributed by atoms with van der Waals surface area (Å²) in [6.07, 6.45) is 0.516. The van der Waals surface area contributed by atoms with Gasteiger partial charge in [-0.15, -0.1) is 0 Å². The molecule has 2 rings (SSSR count). The highest BCUT2D eigenvalue weighted by Gasteiger charge is 2.66. The molecule has 1 aliphatic rings. The molecule has 0 aliphatic heterocycles. The largest absolute Gasteiger partial charge is 0.329 e. The van der Waals surface area contributed by atoms with E-state index in [0.29, 0.717) is 12.0 Å². The van der Waals surface area contributed by atoms with Gasteiger partial charge in [-0.2, -0.15) is 0 Å². The first-order chi connectivity index (χ1) is 8.16. The number of nitrogens with zero attached hydrogens (tertiary/aromatic N) is 1. The molecule has 0 bridgehead atoms. The van der Waals surface area contributed by atoms with E-state index in [1.54, 1.807) is 0 Å². The lowest BCUT2D eigenvalue weighted by Crippen LogP contribution is -2.38. The Kier molecular flexibility index (Phi) is 2.78. The van der Waals surface area contributed by atoms with Crippen LogP contribution in [-0.4, -0.2) is 9.55 Å². The number of aromatic nitrogens is 2. The fourth-order valence-electron chi connectivity index (χ4n) is 2.91. The van der Waals surface area contributed by atoms with E-state index in [2.05, 4.69) is 32.7 Å². The molecule has 1 aliphatic carbocycles. The first-order valence-electron chi connectivity index (χ1n) is 6.19. The van der Waals surface area contributed by atoms with Gasteiger partial charge in [0.2, 0.25) is 0 Å². The van der Waals surface area contributed by atoms with E-state index >= 15 is 0 Å². The van der Waals surface area contributed by atoms with Crippen molar-refractivity contribution in [3.63, 3.8) is 0 Å². The molecule has 0 aromatic carbocycles. The van der Waals surface area contributed by atoms with Crippen molar-refractivity contribution in [2.75, 3.05) is 0 Å². The molecule has 1 saturated carbocycles. The summed E-state index contributed by atoms with van der Waals surface area (Å²) in [6, 6.07) is -0.0798. The van der Waals surface area contributed by atoms with Crippen LogP contribution in [0.25, 0.3) is 0 Å². The molecular weight excluding hydrogens is 252 g/mol. The zero-order chi connectivity index (χ0) is 13.9. The van der Waals surface area contributed by atoms with Crippen LogP contribution in [0.4, 0.5) is 0 Å². The van der Waals surface area contributed by atoms with Crippen molar-refractivity contribution in [2.45, 2.75) is 47.1 Å². The van der Waals surface area contributed by atoms with Gasteiger partial charge in [0.15, 0.2) is 0 Å². The van der Waals surface area contributed by atoms with E-state index < -0.39 is 5.69 Å². The number of nitrogens with one attached hydrogen (secondary N) is 1. The average molecular weight is 271 g/mol. The Bertz CT molecular complexity index is 596. The van der Waals surface area contributed by atoms with E-state index in [-0.39, 0.29) is 27.6 Å². The van der Waals surface area contributed by atoms with Crippen LogP contribution < -0.4 is 11.2 Å². The van der Waals surface area contributed by atoms with Gasteiger partial charge >= 0.3 is 5.69 Å². The molecule has 0 amide bonds. The molecule has 18 heavy (non-hydrogen) atoms. The average Bonchev–Trinajstić information content (AvgIpc) is 2.61. The first kappa shape index (κ1) is 13.4. The van der Waals surface area contributed by atoms with Crippen molar-refractivity contribution in [1.29, 1.82) is 0 Å². The number of hydrogen-bond acceptors (Lipinski definition) is 2. The lowest BCUT2D eigenvalue weighted by atomic mass is 10.0. The molecule has 1 N–H and O–H groups in total. The van der Waals surface area contributed by atoms with Crippen LogP contribution in [0.15, 0.2) is 9.59 Å². The standard InChI is InChI=1S/C13H19ClN2O2/c1-6-7-8(14)15-11(18)16(9(7)17)10-12(2,3)13(10,4)5/h10H,6H2,1-5H3,(H,15,18). The summed E-state index contributed by atoms with van der Waals surface area (Å²) in [5.41, 5.74) is -0.318. The molecule has 1 aromatic heterocycles. The van der Waals surface area contributed by atoms with Crippen LogP contribution in [0.3, 0.4) is 0 Å². The van der Waals surface area contributed by atoms with Gasteiger partial charge in [0.05, 0.1) is 11.6 Å². The normalized spacial score (nSPS) is 21.0. The number of halogens is 1. The summed E-state index contributed by atoms with van der Waals surface area (Å²) in [5, 5.41) is 0.167. The third kappa shape index (κ3) is 1.51.